The number of hydrogen-bond acceptors (Lipinski definition) is 2. The Kier molecular flexibility index (Phi) is 2.13. The van der Waals surface area contributed by atoms with Gasteiger partial charge in [0, 0.05) is 25.7 Å². The lowest BCUT2D eigenvalue weighted by atomic mass is 10.00. The van der Waals surface area contributed by atoms with E-state index in [1.807, 2.05) is 0 Å². The summed E-state index contributed by atoms with van der Waals surface area (Å²) in [5.74, 6) is 0. The Hall–Kier alpha value is -0.0800. The van der Waals surface area contributed by atoms with Crippen LogP contribution in [0.5, 0.6) is 0 Å². The molecule has 12 heavy (non-hydrogen) atoms. The highest BCUT2D eigenvalue weighted by Crippen LogP contribution is 2.35. The molecule has 0 N–H and O–H groups in total. The van der Waals surface area contributed by atoms with Crippen LogP contribution in [0.25, 0.3) is 0 Å². The summed E-state index contributed by atoms with van der Waals surface area (Å²) >= 11 is 0. The van der Waals surface area contributed by atoms with E-state index in [2.05, 4.69) is 18.7 Å². The van der Waals surface area contributed by atoms with Gasteiger partial charge in [0.15, 0.2) is 0 Å². The Labute approximate surface area is 74.9 Å². The number of rotatable bonds is 1. The Balaban J connectivity index is 1.96. The third-order valence-corrected chi connectivity index (χ3v) is 3.26. The number of ether oxygens (including phenoxy) is 1. The van der Waals surface area contributed by atoms with Gasteiger partial charge in [0.1, 0.15) is 0 Å². The van der Waals surface area contributed by atoms with Crippen LogP contribution in [-0.2, 0) is 4.74 Å². The fraction of sp³-hybridized carbons (Fsp3) is 1.00. The van der Waals surface area contributed by atoms with Gasteiger partial charge in [-0.25, -0.2) is 0 Å². The normalized spacial score (nSPS) is 37.2. The Morgan fingerprint density at radius 3 is 2.67 bits per heavy atom. The molecular weight excluding hydrogens is 150 g/mol. The highest BCUT2D eigenvalue weighted by Gasteiger charge is 2.41. The van der Waals surface area contributed by atoms with Gasteiger partial charge < -0.3 is 4.74 Å². The Bertz CT molecular complexity index is 161. The lowest BCUT2D eigenvalue weighted by Gasteiger charge is -2.25. The van der Waals surface area contributed by atoms with Gasteiger partial charge in [-0.05, 0) is 33.1 Å². The predicted molar refractivity (Wildman–Crippen MR) is 49.2 cm³/mol. The van der Waals surface area contributed by atoms with Crippen LogP contribution in [0.3, 0.4) is 0 Å². The van der Waals surface area contributed by atoms with Crippen molar-refractivity contribution in [1.29, 1.82) is 0 Å². The lowest BCUT2D eigenvalue weighted by Crippen LogP contribution is -2.35. The maximum Gasteiger partial charge on any atom is 0.0821 e. The second-order valence-corrected chi connectivity index (χ2v) is 4.45. The van der Waals surface area contributed by atoms with Crippen molar-refractivity contribution in [3.05, 3.63) is 0 Å². The fourth-order valence-electron chi connectivity index (χ4n) is 2.39. The average molecular weight is 169 g/mol. The second-order valence-electron chi connectivity index (χ2n) is 4.45. The predicted octanol–water partition coefficient (Wildman–Crippen LogP) is 1.65. The van der Waals surface area contributed by atoms with Gasteiger partial charge in [0.25, 0.3) is 0 Å². The summed E-state index contributed by atoms with van der Waals surface area (Å²) in [6.45, 7) is 7.94. The zero-order valence-electron chi connectivity index (χ0n) is 8.18. The molecule has 0 unspecified atom stereocenters. The van der Waals surface area contributed by atoms with Gasteiger partial charge in [-0.3, -0.25) is 4.90 Å². The number of hydrogen-bond donors (Lipinski definition) is 0. The van der Waals surface area contributed by atoms with E-state index in [0.717, 1.165) is 6.61 Å². The quantitative estimate of drug-likeness (QED) is 0.592. The van der Waals surface area contributed by atoms with Gasteiger partial charge in [0.2, 0.25) is 0 Å². The van der Waals surface area contributed by atoms with Crippen molar-refractivity contribution >= 4 is 0 Å². The van der Waals surface area contributed by atoms with E-state index in [0.29, 0.717) is 6.04 Å². The highest BCUT2D eigenvalue weighted by atomic mass is 16.5. The van der Waals surface area contributed by atoms with Gasteiger partial charge in [0.05, 0.1) is 5.60 Å². The minimum atomic E-state index is 0.268. The standard InChI is InChI=1S/C10H19NO/c1-9(2)11-6-5-10(8-11)4-3-7-12-10/h9H,3-8H2,1-2H3/t10-/m0/s1. The third kappa shape index (κ3) is 1.38. The topological polar surface area (TPSA) is 12.5 Å². The average Bonchev–Trinajstić information content (AvgIpc) is 2.62. The van der Waals surface area contributed by atoms with Crippen molar-refractivity contribution in [2.24, 2.45) is 0 Å². The summed E-state index contributed by atoms with van der Waals surface area (Å²) in [7, 11) is 0. The summed E-state index contributed by atoms with van der Waals surface area (Å²) in [4.78, 5) is 2.53. The summed E-state index contributed by atoms with van der Waals surface area (Å²) < 4.78 is 5.84. The molecule has 0 saturated carbocycles. The minimum Gasteiger partial charge on any atom is -0.374 e. The van der Waals surface area contributed by atoms with Crippen molar-refractivity contribution in [2.75, 3.05) is 19.7 Å². The molecule has 2 rings (SSSR count). The molecule has 0 bridgehead atoms. The lowest BCUT2D eigenvalue weighted by molar-refractivity contribution is 0.0104. The second kappa shape index (κ2) is 3.00. The largest absolute Gasteiger partial charge is 0.374 e. The van der Waals surface area contributed by atoms with E-state index in [4.69, 9.17) is 4.74 Å². The van der Waals surface area contributed by atoms with Crippen molar-refractivity contribution in [3.63, 3.8) is 0 Å². The maximum absolute atomic E-state index is 5.84. The monoisotopic (exact) mass is 169 g/mol. The summed E-state index contributed by atoms with van der Waals surface area (Å²) in [6.07, 6.45) is 3.81. The molecule has 0 amide bonds. The van der Waals surface area contributed by atoms with Gasteiger partial charge >= 0.3 is 0 Å². The van der Waals surface area contributed by atoms with Crippen molar-refractivity contribution in [2.45, 2.75) is 44.8 Å². The Morgan fingerprint density at radius 1 is 1.33 bits per heavy atom. The van der Waals surface area contributed by atoms with Crippen LogP contribution < -0.4 is 0 Å². The molecule has 1 spiro atoms. The summed E-state index contributed by atoms with van der Waals surface area (Å²) in [5.41, 5.74) is 0.268. The van der Waals surface area contributed by atoms with Crippen molar-refractivity contribution < 1.29 is 4.74 Å². The number of likely N-dealkylation sites (tertiary alicyclic amines) is 1. The minimum absolute atomic E-state index is 0.268. The zero-order chi connectivity index (χ0) is 8.60. The molecule has 0 aromatic heterocycles. The number of nitrogens with zero attached hydrogens (tertiary/aromatic N) is 1. The van der Waals surface area contributed by atoms with Crippen LogP contribution in [0.2, 0.25) is 0 Å². The van der Waals surface area contributed by atoms with Crippen LogP contribution >= 0.6 is 0 Å². The third-order valence-electron chi connectivity index (χ3n) is 3.26. The van der Waals surface area contributed by atoms with Gasteiger partial charge in [-0.1, -0.05) is 0 Å². The Morgan fingerprint density at radius 2 is 2.17 bits per heavy atom. The molecule has 2 heteroatoms. The van der Waals surface area contributed by atoms with Crippen LogP contribution in [-0.4, -0.2) is 36.2 Å². The van der Waals surface area contributed by atoms with E-state index < -0.39 is 0 Å². The molecule has 2 aliphatic rings. The van der Waals surface area contributed by atoms with Crippen LogP contribution in [0, 0.1) is 0 Å². The van der Waals surface area contributed by atoms with Crippen LogP contribution in [0.4, 0.5) is 0 Å². The van der Waals surface area contributed by atoms with Gasteiger partial charge in [-0.2, -0.15) is 0 Å². The summed E-state index contributed by atoms with van der Waals surface area (Å²) in [5, 5.41) is 0. The smallest absolute Gasteiger partial charge is 0.0821 e. The molecule has 2 saturated heterocycles. The van der Waals surface area contributed by atoms with Gasteiger partial charge in [-0.15, -0.1) is 0 Å². The van der Waals surface area contributed by atoms with E-state index in [1.54, 1.807) is 0 Å². The fourth-order valence-corrected chi connectivity index (χ4v) is 2.39. The zero-order valence-corrected chi connectivity index (χ0v) is 8.18. The van der Waals surface area contributed by atoms with Crippen LogP contribution in [0.1, 0.15) is 33.1 Å². The first kappa shape index (κ1) is 8.52. The molecule has 2 fully saturated rings. The van der Waals surface area contributed by atoms with Crippen molar-refractivity contribution in [1.82, 2.24) is 4.90 Å². The first-order chi connectivity index (χ1) is 5.72. The van der Waals surface area contributed by atoms with E-state index >= 15 is 0 Å². The molecular formula is C10H19NO. The maximum atomic E-state index is 5.84. The summed E-state index contributed by atoms with van der Waals surface area (Å²) in [6, 6.07) is 0.688. The molecule has 0 aromatic rings. The molecule has 0 aliphatic carbocycles. The van der Waals surface area contributed by atoms with E-state index in [-0.39, 0.29) is 5.60 Å². The molecule has 1 atom stereocenters. The first-order valence-corrected chi connectivity index (χ1v) is 5.10. The van der Waals surface area contributed by atoms with Crippen molar-refractivity contribution in [3.8, 4) is 0 Å². The molecule has 2 aliphatic heterocycles. The van der Waals surface area contributed by atoms with Crippen LogP contribution in [0.15, 0.2) is 0 Å². The SMILES string of the molecule is CC(C)N1CC[C@@]2(CCCO2)C1. The molecule has 0 radical (unpaired) electrons. The molecule has 70 valence electrons. The van der Waals surface area contributed by atoms with E-state index in [9.17, 15) is 0 Å². The highest BCUT2D eigenvalue weighted by molar-refractivity contribution is 4.95. The van der Waals surface area contributed by atoms with E-state index in [1.165, 1.54) is 32.4 Å². The molecule has 2 heterocycles. The first-order valence-electron chi connectivity index (χ1n) is 5.10. The molecule has 0 aromatic carbocycles. The molecule has 2 nitrogen and oxygen atoms in total.